The SMILES string of the molecule is CC(CC(=O)O)N1CCNCC1(C)C. The molecule has 0 aromatic heterocycles. The van der Waals surface area contributed by atoms with Gasteiger partial charge in [-0.05, 0) is 20.8 Å². The van der Waals surface area contributed by atoms with Gasteiger partial charge in [0.05, 0.1) is 6.42 Å². The second-order valence-electron chi connectivity index (χ2n) is 4.63. The summed E-state index contributed by atoms with van der Waals surface area (Å²) in [5.41, 5.74) is 0.0626. The number of hydrogen-bond acceptors (Lipinski definition) is 3. The van der Waals surface area contributed by atoms with E-state index in [1.165, 1.54) is 0 Å². The number of nitrogens with one attached hydrogen (secondary N) is 1. The highest BCUT2D eigenvalue weighted by atomic mass is 16.4. The molecule has 1 rings (SSSR count). The van der Waals surface area contributed by atoms with Crippen LogP contribution in [0.5, 0.6) is 0 Å². The van der Waals surface area contributed by atoms with E-state index in [4.69, 9.17) is 5.11 Å². The van der Waals surface area contributed by atoms with Crippen LogP contribution < -0.4 is 5.32 Å². The van der Waals surface area contributed by atoms with Crippen molar-refractivity contribution in [1.82, 2.24) is 10.2 Å². The van der Waals surface area contributed by atoms with Gasteiger partial charge in [-0.25, -0.2) is 0 Å². The Morgan fingerprint density at radius 1 is 1.64 bits per heavy atom. The summed E-state index contributed by atoms with van der Waals surface area (Å²) in [5, 5.41) is 12.1. The topological polar surface area (TPSA) is 52.6 Å². The van der Waals surface area contributed by atoms with Gasteiger partial charge in [-0.2, -0.15) is 0 Å². The van der Waals surface area contributed by atoms with Crippen LogP contribution in [-0.2, 0) is 4.79 Å². The molecular formula is C10H20N2O2. The predicted molar refractivity (Wildman–Crippen MR) is 55.4 cm³/mol. The minimum atomic E-state index is -0.716. The van der Waals surface area contributed by atoms with Crippen molar-refractivity contribution < 1.29 is 9.90 Å². The van der Waals surface area contributed by atoms with Crippen molar-refractivity contribution in [2.24, 2.45) is 0 Å². The Bertz CT molecular complexity index is 216. The van der Waals surface area contributed by atoms with E-state index in [0.717, 1.165) is 19.6 Å². The molecule has 1 aliphatic heterocycles. The largest absolute Gasteiger partial charge is 0.481 e. The van der Waals surface area contributed by atoms with Gasteiger partial charge in [0.1, 0.15) is 0 Å². The molecule has 0 saturated carbocycles. The van der Waals surface area contributed by atoms with Crippen molar-refractivity contribution in [3.8, 4) is 0 Å². The molecule has 1 unspecified atom stereocenters. The number of piperazine rings is 1. The zero-order valence-corrected chi connectivity index (χ0v) is 9.21. The first-order valence-electron chi connectivity index (χ1n) is 5.13. The predicted octanol–water partition coefficient (Wildman–Crippen LogP) is 0.533. The van der Waals surface area contributed by atoms with E-state index in [1.54, 1.807) is 0 Å². The number of carboxylic acid groups (broad SMARTS) is 1. The van der Waals surface area contributed by atoms with Gasteiger partial charge in [-0.3, -0.25) is 9.69 Å². The van der Waals surface area contributed by atoms with Crippen LogP contribution in [0, 0.1) is 0 Å². The maximum absolute atomic E-state index is 10.6. The first-order chi connectivity index (χ1) is 6.43. The molecule has 2 N–H and O–H groups in total. The van der Waals surface area contributed by atoms with E-state index in [9.17, 15) is 4.79 Å². The highest BCUT2D eigenvalue weighted by molar-refractivity contribution is 5.67. The van der Waals surface area contributed by atoms with Gasteiger partial charge in [-0.15, -0.1) is 0 Å². The molecule has 0 aromatic carbocycles. The molecule has 0 radical (unpaired) electrons. The Kier molecular flexibility index (Phi) is 3.50. The highest BCUT2D eigenvalue weighted by Crippen LogP contribution is 2.20. The van der Waals surface area contributed by atoms with Gasteiger partial charge in [0, 0.05) is 31.2 Å². The lowest BCUT2D eigenvalue weighted by Gasteiger charge is -2.46. The van der Waals surface area contributed by atoms with Crippen molar-refractivity contribution in [1.29, 1.82) is 0 Å². The fourth-order valence-electron chi connectivity index (χ4n) is 2.18. The van der Waals surface area contributed by atoms with Crippen molar-refractivity contribution in [3.63, 3.8) is 0 Å². The standard InChI is InChI=1S/C10H20N2O2/c1-8(6-9(13)14)12-5-4-11-7-10(12,2)3/h8,11H,4-7H2,1-3H3,(H,13,14). The van der Waals surface area contributed by atoms with Crippen LogP contribution in [0.2, 0.25) is 0 Å². The summed E-state index contributed by atoms with van der Waals surface area (Å²) < 4.78 is 0. The number of rotatable bonds is 3. The lowest BCUT2D eigenvalue weighted by molar-refractivity contribution is -0.139. The number of carboxylic acids is 1. The third-order valence-corrected chi connectivity index (χ3v) is 2.87. The molecule has 1 aliphatic rings. The minimum absolute atomic E-state index is 0.0626. The van der Waals surface area contributed by atoms with Crippen LogP contribution in [-0.4, -0.2) is 47.2 Å². The third-order valence-electron chi connectivity index (χ3n) is 2.87. The van der Waals surface area contributed by atoms with E-state index in [1.807, 2.05) is 6.92 Å². The second kappa shape index (κ2) is 4.28. The maximum Gasteiger partial charge on any atom is 0.304 e. The molecule has 0 aromatic rings. The normalized spacial score (nSPS) is 24.5. The molecule has 0 spiro atoms. The summed E-state index contributed by atoms with van der Waals surface area (Å²) in [7, 11) is 0. The first kappa shape index (κ1) is 11.5. The molecule has 82 valence electrons. The highest BCUT2D eigenvalue weighted by Gasteiger charge is 2.33. The molecule has 1 saturated heterocycles. The fourth-order valence-corrected chi connectivity index (χ4v) is 2.18. The third kappa shape index (κ3) is 2.69. The number of nitrogens with zero attached hydrogens (tertiary/aromatic N) is 1. The maximum atomic E-state index is 10.6. The molecule has 4 heteroatoms. The number of hydrogen-bond donors (Lipinski definition) is 2. The van der Waals surface area contributed by atoms with Gasteiger partial charge in [0.2, 0.25) is 0 Å². The molecule has 0 bridgehead atoms. The van der Waals surface area contributed by atoms with E-state index in [-0.39, 0.29) is 18.0 Å². The summed E-state index contributed by atoms with van der Waals surface area (Å²) in [6.45, 7) is 9.10. The summed E-state index contributed by atoms with van der Waals surface area (Å²) in [6, 6.07) is 0.115. The molecular weight excluding hydrogens is 180 g/mol. The van der Waals surface area contributed by atoms with Gasteiger partial charge < -0.3 is 10.4 Å². The zero-order valence-electron chi connectivity index (χ0n) is 9.21. The lowest BCUT2D eigenvalue weighted by atomic mass is 9.97. The van der Waals surface area contributed by atoms with Gasteiger partial charge in [0.25, 0.3) is 0 Å². The fraction of sp³-hybridized carbons (Fsp3) is 0.900. The van der Waals surface area contributed by atoms with Gasteiger partial charge in [0.15, 0.2) is 0 Å². The molecule has 0 amide bonds. The van der Waals surface area contributed by atoms with E-state index in [2.05, 4.69) is 24.1 Å². The Hall–Kier alpha value is -0.610. The Morgan fingerprint density at radius 3 is 2.79 bits per heavy atom. The first-order valence-corrected chi connectivity index (χ1v) is 5.13. The van der Waals surface area contributed by atoms with Crippen molar-refractivity contribution in [3.05, 3.63) is 0 Å². The molecule has 1 atom stereocenters. The van der Waals surface area contributed by atoms with Crippen molar-refractivity contribution >= 4 is 5.97 Å². The summed E-state index contributed by atoms with van der Waals surface area (Å²) in [6.07, 6.45) is 0.226. The van der Waals surface area contributed by atoms with Crippen LogP contribution in [0.3, 0.4) is 0 Å². The summed E-state index contributed by atoms with van der Waals surface area (Å²) >= 11 is 0. The molecule has 14 heavy (non-hydrogen) atoms. The molecule has 0 aliphatic carbocycles. The van der Waals surface area contributed by atoms with Crippen LogP contribution in [0.4, 0.5) is 0 Å². The lowest BCUT2D eigenvalue weighted by Crippen LogP contribution is -2.60. The monoisotopic (exact) mass is 200 g/mol. The Labute approximate surface area is 85.3 Å². The van der Waals surface area contributed by atoms with Crippen LogP contribution in [0.1, 0.15) is 27.2 Å². The second-order valence-corrected chi connectivity index (χ2v) is 4.63. The Balaban J connectivity index is 2.59. The number of aliphatic carboxylic acids is 1. The number of carbonyl (C=O) groups is 1. The molecule has 1 fully saturated rings. The van der Waals surface area contributed by atoms with Crippen LogP contribution in [0.15, 0.2) is 0 Å². The smallest absolute Gasteiger partial charge is 0.304 e. The minimum Gasteiger partial charge on any atom is -0.481 e. The summed E-state index contributed by atoms with van der Waals surface area (Å²) in [4.78, 5) is 12.9. The van der Waals surface area contributed by atoms with E-state index < -0.39 is 5.97 Å². The van der Waals surface area contributed by atoms with Crippen molar-refractivity contribution in [2.45, 2.75) is 38.8 Å². The van der Waals surface area contributed by atoms with Crippen LogP contribution in [0.25, 0.3) is 0 Å². The zero-order chi connectivity index (χ0) is 10.8. The van der Waals surface area contributed by atoms with E-state index in [0.29, 0.717) is 0 Å². The average molecular weight is 200 g/mol. The summed E-state index contributed by atoms with van der Waals surface area (Å²) in [5.74, 6) is -0.716. The Morgan fingerprint density at radius 2 is 2.29 bits per heavy atom. The van der Waals surface area contributed by atoms with Crippen LogP contribution >= 0.6 is 0 Å². The van der Waals surface area contributed by atoms with Gasteiger partial charge in [-0.1, -0.05) is 0 Å². The van der Waals surface area contributed by atoms with Gasteiger partial charge >= 0.3 is 5.97 Å². The average Bonchev–Trinajstić information content (AvgIpc) is 2.01. The van der Waals surface area contributed by atoms with E-state index >= 15 is 0 Å². The molecule has 1 heterocycles. The quantitative estimate of drug-likeness (QED) is 0.698. The van der Waals surface area contributed by atoms with Crippen molar-refractivity contribution in [2.75, 3.05) is 19.6 Å². The molecule has 4 nitrogen and oxygen atoms in total.